The number of hydrogen-bond acceptors (Lipinski definition) is 5. The molecule has 3 aliphatic heterocycles. The van der Waals surface area contributed by atoms with Crippen LogP contribution in [0.4, 0.5) is 0 Å². The van der Waals surface area contributed by atoms with Gasteiger partial charge in [-0.2, -0.15) is 0 Å². The summed E-state index contributed by atoms with van der Waals surface area (Å²) in [5.41, 5.74) is 7.12. The third-order valence-corrected chi connectivity index (χ3v) is 11.6. The van der Waals surface area contributed by atoms with E-state index in [1.54, 1.807) is 7.11 Å². The quantitative estimate of drug-likeness (QED) is 0.285. The van der Waals surface area contributed by atoms with Crippen molar-refractivity contribution in [3.8, 4) is 17.0 Å². The minimum Gasteiger partial charge on any atom is -0.497 e. The minimum atomic E-state index is -0.109. The first-order chi connectivity index (χ1) is 22.2. The molecule has 0 spiro atoms. The first-order valence-electron chi connectivity index (χ1n) is 17.3. The zero-order chi connectivity index (χ0) is 32.2. The molecule has 4 heterocycles. The van der Waals surface area contributed by atoms with Crippen LogP contribution in [0.25, 0.3) is 28.2 Å². The molecule has 7 rings (SSSR count). The van der Waals surface area contributed by atoms with Crippen LogP contribution < -0.4 is 10.1 Å². The maximum Gasteiger partial charge on any atom is 0.251 e. The molecule has 1 saturated carbocycles. The third-order valence-electron chi connectivity index (χ3n) is 11.6. The van der Waals surface area contributed by atoms with Gasteiger partial charge in [0.05, 0.1) is 26.0 Å². The summed E-state index contributed by atoms with van der Waals surface area (Å²) < 4.78 is 14.1. The molecular formula is C39H49N3O4. The Balaban J connectivity index is 1.40. The van der Waals surface area contributed by atoms with E-state index >= 15 is 0 Å². The zero-order valence-corrected chi connectivity index (χ0v) is 28.2. The summed E-state index contributed by atoms with van der Waals surface area (Å²) >= 11 is 0. The average molecular weight is 624 g/mol. The van der Waals surface area contributed by atoms with E-state index in [9.17, 15) is 9.59 Å². The molecule has 1 aliphatic carbocycles. The maximum atomic E-state index is 14.8. The van der Waals surface area contributed by atoms with E-state index in [1.165, 1.54) is 35.9 Å². The van der Waals surface area contributed by atoms with Gasteiger partial charge < -0.3 is 24.3 Å². The largest absolute Gasteiger partial charge is 0.497 e. The van der Waals surface area contributed by atoms with Gasteiger partial charge in [0.25, 0.3) is 5.91 Å². The first-order valence-corrected chi connectivity index (χ1v) is 17.3. The number of amides is 1. The van der Waals surface area contributed by atoms with E-state index in [2.05, 4.69) is 52.0 Å². The van der Waals surface area contributed by atoms with E-state index in [4.69, 9.17) is 9.47 Å². The number of Topliss-reactive ketones (excluding diaryl/α,β-unsaturated/α-hetero) is 1. The molecule has 1 amide bonds. The summed E-state index contributed by atoms with van der Waals surface area (Å²) in [5, 5.41) is 4.65. The van der Waals surface area contributed by atoms with Crippen LogP contribution in [0.1, 0.15) is 86.7 Å². The lowest BCUT2D eigenvalue weighted by Gasteiger charge is -2.45. The number of aromatic nitrogens is 1. The number of benzene rings is 2. The fourth-order valence-corrected chi connectivity index (χ4v) is 9.05. The Hall–Kier alpha value is -3.42. The van der Waals surface area contributed by atoms with Gasteiger partial charge in [0.1, 0.15) is 5.75 Å². The van der Waals surface area contributed by atoms with Crippen molar-refractivity contribution in [1.29, 1.82) is 0 Å². The average Bonchev–Trinajstić information content (AvgIpc) is 3.49. The standard InChI is InChI=1S/C39H49N3O4/c1-25(2)36(43)27-11-13-32-33(19-27)42-20-29(37(44)41-22-38(3)24-46-16-15-39(38,23-41)21-40-4)17-28-18-30(45-5)12-14-31(28)35(42)34(32)26-9-7-6-8-10-26/h11-14,17-19,25-26,40H,6-10,15-16,20-24H2,1-5H3. The van der Waals surface area contributed by atoms with Crippen LogP contribution >= 0.6 is 0 Å². The van der Waals surface area contributed by atoms with E-state index < -0.39 is 0 Å². The monoisotopic (exact) mass is 623 g/mol. The molecule has 2 unspecified atom stereocenters. The van der Waals surface area contributed by atoms with Crippen molar-refractivity contribution in [2.75, 3.05) is 47.0 Å². The fraction of sp³-hybridized carbons (Fsp3) is 0.538. The lowest BCUT2D eigenvalue weighted by molar-refractivity contribution is -0.126. The molecule has 2 saturated heterocycles. The Kier molecular flexibility index (Phi) is 8.13. The van der Waals surface area contributed by atoms with Crippen molar-refractivity contribution < 1.29 is 19.1 Å². The molecule has 244 valence electrons. The highest BCUT2D eigenvalue weighted by Gasteiger charge is 2.57. The van der Waals surface area contributed by atoms with Gasteiger partial charge in [0.15, 0.2) is 5.78 Å². The highest BCUT2D eigenvalue weighted by atomic mass is 16.5. The number of likely N-dealkylation sites (tertiary alicyclic amines) is 1. The number of hydrogen-bond donors (Lipinski definition) is 1. The number of fused-ring (bicyclic) bond motifs is 6. The van der Waals surface area contributed by atoms with E-state index in [0.29, 0.717) is 32.2 Å². The van der Waals surface area contributed by atoms with Gasteiger partial charge in [0.2, 0.25) is 0 Å². The Labute approximate surface area is 273 Å². The van der Waals surface area contributed by atoms with Gasteiger partial charge >= 0.3 is 0 Å². The molecule has 2 atom stereocenters. The molecule has 0 bridgehead atoms. The van der Waals surface area contributed by atoms with E-state index in [-0.39, 0.29) is 28.4 Å². The predicted molar refractivity (Wildman–Crippen MR) is 183 cm³/mol. The molecular weight excluding hydrogens is 574 g/mol. The van der Waals surface area contributed by atoms with Crippen LogP contribution in [-0.2, 0) is 16.1 Å². The second-order valence-corrected chi connectivity index (χ2v) is 14.9. The maximum absolute atomic E-state index is 14.8. The topological polar surface area (TPSA) is 72.8 Å². The van der Waals surface area contributed by atoms with Crippen LogP contribution in [0.2, 0.25) is 0 Å². The van der Waals surface area contributed by atoms with Crippen LogP contribution in [0.15, 0.2) is 42.0 Å². The summed E-state index contributed by atoms with van der Waals surface area (Å²) in [6.45, 7) is 10.3. The molecule has 1 aromatic heterocycles. The Morgan fingerprint density at radius 1 is 1.09 bits per heavy atom. The lowest BCUT2D eigenvalue weighted by Crippen LogP contribution is -2.51. The van der Waals surface area contributed by atoms with Gasteiger partial charge in [0, 0.05) is 70.6 Å². The number of ether oxygens (including phenoxy) is 2. The molecule has 3 aromatic rings. The summed E-state index contributed by atoms with van der Waals surface area (Å²) in [5.74, 6) is 1.36. The van der Waals surface area contributed by atoms with Crippen molar-refractivity contribution in [3.05, 3.63) is 58.7 Å². The van der Waals surface area contributed by atoms with Crippen LogP contribution in [-0.4, -0.2) is 68.2 Å². The van der Waals surface area contributed by atoms with Gasteiger partial charge in [-0.15, -0.1) is 0 Å². The summed E-state index contributed by atoms with van der Waals surface area (Å²) in [7, 11) is 3.70. The summed E-state index contributed by atoms with van der Waals surface area (Å²) in [4.78, 5) is 30.1. The van der Waals surface area contributed by atoms with Crippen LogP contribution in [0.5, 0.6) is 5.75 Å². The molecule has 1 N–H and O–H groups in total. The lowest BCUT2D eigenvalue weighted by atomic mass is 9.64. The molecule has 7 nitrogen and oxygen atoms in total. The van der Waals surface area contributed by atoms with Gasteiger partial charge in [-0.3, -0.25) is 9.59 Å². The van der Waals surface area contributed by atoms with Crippen molar-refractivity contribution in [2.24, 2.45) is 16.7 Å². The highest BCUT2D eigenvalue weighted by Crippen LogP contribution is 2.52. The SMILES string of the molecule is CNCC12CCOCC1(C)CN(C(=O)C1=Cc3cc(OC)ccc3-c3c(C4CCCCC4)c4ccc(C(=O)C(C)C)cc4n3C1)C2. The van der Waals surface area contributed by atoms with E-state index in [0.717, 1.165) is 65.9 Å². The smallest absolute Gasteiger partial charge is 0.251 e. The Bertz CT molecular complexity index is 1710. The highest BCUT2D eigenvalue weighted by molar-refractivity contribution is 6.05. The number of ketones is 1. The fourth-order valence-electron chi connectivity index (χ4n) is 9.05. The number of rotatable bonds is 7. The van der Waals surface area contributed by atoms with Crippen molar-refractivity contribution in [1.82, 2.24) is 14.8 Å². The number of nitrogens with one attached hydrogen (secondary N) is 1. The number of nitrogens with zero attached hydrogens (tertiary/aromatic N) is 2. The van der Waals surface area contributed by atoms with Gasteiger partial charge in [-0.25, -0.2) is 0 Å². The molecule has 7 heteroatoms. The van der Waals surface area contributed by atoms with Crippen LogP contribution in [0.3, 0.4) is 0 Å². The first kappa shape index (κ1) is 31.2. The third kappa shape index (κ3) is 5.02. The molecule has 0 radical (unpaired) electrons. The molecule has 2 aromatic carbocycles. The predicted octanol–water partition coefficient (Wildman–Crippen LogP) is 7.07. The number of carbonyl (C=O) groups excluding carboxylic acids is 2. The van der Waals surface area contributed by atoms with Crippen LogP contribution in [0, 0.1) is 16.7 Å². The number of carbonyl (C=O) groups is 2. The minimum absolute atomic E-state index is 0.0202. The van der Waals surface area contributed by atoms with Crippen molar-refractivity contribution in [3.63, 3.8) is 0 Å². The second kappa shape index (κ2) is 12.0. The molecule has 46 heavy (non-hydrogen) atoms. The van der Waals surface area contributed by atoms with E-state index in [1.807, 2.05) is 33.0 Å². The molecule has 3 fully saturated rings. The summed E-state index contributed by atoms with van der Waals surface area (Å²) in [6, 6.07) is 12.6. The van der Waals surface area contributed by atoms with Crippen molar-refractivity contribution >= 4 is 28.7 Å². The van der Waals surface area contributed by atoms with Gasteiger partial charge in [-0.1, -0.05) is 52.2 Å². The summed E-state index contributed by atoms with van der Waals surface area (Å²) in [6.07, 6.45) is 9.10. The second-order valence-electron chi connectivity index (χ2n) is 14.9. The normalized spacial score (nSPS) is 24.7. The zero-order valence-electron chi connectivity index (χ0n) is 28.2. The number of methoxy groups -OCH3 is 1. The Morgan fingerprint density at radius 2 is 1.89 bits per heavy atom. The molecule has 4 aliphatic rings. The van der Waals surface area contributed by atoms with Gasteiger partial charge in [-0.05, 0) is 73.7 Å². The Morgan fingerprint density at radius 3 is 2.63 bits per heavy atom. The van der Waals surface area contributed by atoms with Crippen molar-refractivity contribution in [2.45, 2.75) is 71.8 Å².